The zero-order valence-electron chi connectivity index (χ0n) is 23.0. The van der Waals surface area contributed by atoms with Crippen molar-refractivity contribution in [3.63, 3.8) is 0 Å². The molecule has 8 unspecified atom stereocenters. The van der Waals surface area contributed by atoms with Gasteiger partial charge in [-0.05, 0) is 73.1 Å². The second-order valence-corrected chi connectivity index (χ2v) is 13.5. The zero-order chi connectivity index (χ0) is 29.4. The largest absolute Gasteiger partial charge is 0.504 e. The molecule has 12 heteroatoms. The molecule has 3 amide bonds. The van der Waals surface area contributed by atoms with Gasteiger partial charge in [-0.15, -0.1) is 11.8 Å². The molecule has 0 radical (unpaired) electrons. The van der Waals surface area contributed by atoms with Gasteiger partial charge in [0.25, 0.3) is 0 Å². The predicted molar refractivity (Wildman–Crippen MR) is 156 cm³/mol. The molecule has 3 fully saturated rings. The Bertz CT molecular complexity index is 1670. The highest BCUT2D eigenvalue weighted by Gasteiger charge is 2.70. The minimum absolute atomic E-state index is 0.00502. The molecule has 42 heavy (non-hydrogen) atoms. The van der Waals surface area contributed by atoms with Crippen LogP contribution in [0.25, 0.3) is 0 Å². The fraction of sp³-hybridized carbons (Fsp3) is 0.400. The van der Waals surface area contributed by atoms with Gasteiger partial charge in [0.1, 0.15) is 11.8 Å². The summed E-state index contributed by atoms with van der Waals surface area (Å²) < 4.78 is 10.6. The van der Waals surface area contributed by atoms with Gasteiger partial charge in [0, 0.05) is 21.7 Å². The molecule has 2 saturated carbocycles. The van der Waals surface area contributed by atoms with Crippen molar-refractivity contribution in [1.82, 2.24) is 9.88 Å². The maximum Gasteiger partial charge on any atom is 0.305 e. The van der Waals surface area contributed by atoms with E-state index in [0.29, 0.717) is 17.2 Å². The number of anilines is 1. The van der Waals surface area contributed by atoms with Gasteiger partial charge in [-0.25, -0.2) is 0 Å². The molecule has 2 aliphatic carbocycles. The van der Waals surface area contributed by atoms with Crippen molar-refractivity contribution in [2.45, 2.75) is 35.6 Å². The number of hydrogen-bond acceptors (Lipinski definition) is 9. The van der Waals surface area contributed by atoms with E-state index in [1.54, 1.807) is 62.2 Å². The molecule has 7 rings (SSSR count). The molecule has 4 aliphatic rings. The summed E-state index contributed by atoms with van der Waals surface area (Å²) in [7, 11) is 3.05. The van der Waals surface area contributed by atoms with Crippen LogP contribution in [-0.2, 0) is 14.4 Å². The number of aromatic hydroxyl groups is 1. The molecule has 2 aliphatic heterocycles. The number of aromatic amines is 1. The molecular formula is C30H29N3O7S2. The van der Waals surface area contributed by atoms with E-state index in [1.807, 2.05) is 6.07 Å². The highest BCUT2D eigenvalue weighted by Crippen LogP contribution is 2.68. The molecule has 3 N–H and O–H groups in total. The SMILES string of the molecule is COc1ccc(NC(=O)C(C)N2C(=O)C3C4CC(C3C2=O)C2C(c3ccc(O)c(OC)c3)c3sc(=O)[nH]c3SC42)cc1. The minimum atomic E-state index is -0.970. The van der Waals surface area contributed by atoms with Crippen molar-refractivity contribution in [1.29, 1.82) is 0 Å². The Morgan fingerprint density at radius 2 is 1.76 bits per heavy atom. The van der Waals surface area contributed by atoms with Crippen LogP contribution in [0.1, 0.15) is 29.7 Å². The lowest BCUT2D eigenvalue weighted by atomic mass is 9.68. The van der Waals surface area contributed by atoms with E-state index in [9.17, 15) is 24.3 Å². The second kappa shape index (κ2) is 9.91. The average Bonchev–Trinajstić information content (AvgIpc) is 3.72. The Kier molecular flexibility index (Phi) is 6.39. The lowest BCUT2D eigenvalue weighted by molar-refractivity contribution is -0.146. The zero-order valence-corrected chi connectivity index (χ0v) is 24.7. The number of methoxy groups -OCH3 is 2. The number of carbonyl (C=O) groups is 3. The average molecular weight is 608 g/mol. The molecule has 0 spiro atoms. The van der Waals surface area contributed by atoms with Gasteiger partial charge < -0.3 is 24.9 Å². The number of phenolic OH excluding ortho intramolecular Hbond substituents is 1. The van der Waals surface area contributed by atoms with Gasteiger partial charge in [0.2, 0.25) is 17.7 Å². The first-order valence-corrected chi connectivity index (χ1v) is 15.5. The van der Waals surface area contributed by atoms with Gasteiger partial charge in [-0.1, -0.05) is 17.4 Å². The smallest absolute Gasteiger partial charge is 0.305 e. The van der Waals surface area contributed by atoms with Crippen molar-refractivity contribution in [3.8, 4) is 17.2 Å². The summed E-state index contributed by atoms with van der Waals surface area (Å²) in [6.07, 6.45) is 0.736. The van der Waals surface area contributed by atoms with Gasteiger partial charge in [0.15, 0.2) is 11.5 Å². The van der Waals surface area contributed by atoms with E-state index >= 15 is 0 Å². The summed E-state index contributed by atoms with van der Waals surface area (Å²) in [5.74, 6) is -1.38. The Morgan fingerprint density at radius 1 is 1.05 bits per heavy atom. The normalized spacial score (nSPS) is 29.6. The van der Waals surface area contributed by atoms with Crippen LogP contribution in [0, 0.1) is 29.6 Å². The number of H-pyrrole nitrogens is 1. The summed E-state index contributed by atoms with van der Waals surface area (Å²) in [5, 5.41) is 13.9. The Morgan fingerprint density at radius 3 is 2.45 bits per heavy atom. The molecule has 2 bridgehead atoms. The number of thioether (sulfide) groups is 1. The van der Waals surface area contributed by atoms with E-state index in [2.05, 4.69) is 10.3 Å². The molecule has 3 heterocycles. The predicted octanol–water partition coefficient (Wildman–Crippen LogP) is 3.66. The van der Waals surface area contributed by atoms with Crippen LogP contribution < -0.4 is 19.7 Å². The highest BCUT2D eigenvalue weighted by molar-refractivity contribution is 8.00. The van der Waals surface area contributed by atoms with E-state index in [-0.39, 0.29) is 51.4 Å². The number of hydrogen-bond donors (Lipinski definition) is 3. The molecule has 3 aromatic rings. The maximum atomic E-state index is 14.0. The first kappa shape index (κ1) is 27.1. The maximum absolute atomic E-state index is 14.0. The number of phenols is 1. The number of nitrogens with one attached hydrogen (secondary N) is 2. The van der Waals surface area contributed by atoms with E-state index in [1.165, 1.54) is 23.3 Å². The number of amides is 3. The number of fused-ring (bicyclic) bond motifs is 9. The summed E-state index contributed by atoms with van der Waals surface area (Å²) in [6.45, 7) is 1.59. The second-order valence-electron chi connectivity index (χ2n) is 11.3. The van der Waals surface area contributed by atoms with E-state index in [0.717, 1.165) is 21.9 Å². The molecule has 1 aromatic heterocycles. The molecule has 8 atom stereocenters. The summed E-state index contributed by atoms with van der Waals surface area (Å²) in [5.41, 5.74) is 1.43. The standard InChI is InChI=1S/C30H29N3O7S2/c1-12(26(35)31-14-5-7-15(39-2)8-6-14)33-28(36)22-16-11-17(23(22)29(33)37)24-21(16)20(25-27(41-24)32-30(38)42-25)13-4-9-18(34)19(10-13)40-3/h4-10,12,16-17,20-24,34H,11H2,1-3H3,(H,31,35)(H,32,38). The third-order valence-electron chi connectivity index (χ3n) is 9.45. The summed E-state index contributed by atoms with van der Waals surface area (Å²) in [6, 6.07) is 11.1. The number of likely N-dealkylation sites (tertiary alicyclic amines) is 1. The van der Waals surface area contributed by atoms with Crippen LogP contribution in [-0.4, -0.2) is 58.2 Å². The van der Waals surface area contributed by atoms with Crippen molar-refractivity contribution in [2.75, 3.05) is 19.5 Å². The van der Waals surface area contributed by atoms with E-state index < -0.39 is 23.8 Å². The van der Waals surface area contributed by atoms with Crippen molar-refractivity contribution >= 4 is 46.5 Å². The Balaban J connectivity index is 1.20. The fourth-order valence-corrected chi connectivity index (χ4v) is 10.6. The van der Waals surface area contributed by atoms with Gasteiger partial charge >= 0.3 is 4.87 Å². The molecule has 10 nitrogen and oxygen atoms in total. The number of carbonyl (C=O) groups excluding carboxylic acids is 3. The Labute approximate surface area is 249 Å². The third kappa shape index (κ3) is 3.91. The highest BCUT2D eigenvalue weighted by atomic mass is 32.2. The number of benzene rings is 2. The van der Waals surface area contributed by atoms with Crippen LogP contribution in [0.4, 0.5) is 5.69 Å². The van der Waals surface area contributed by atoms with Crippen LogP contribution in [0.5, 0.6) is 17.2 Å². The van der Waals surface area contributed by atoms with Crippen LogP contribution >= 0.6 is 23.1 Å². The number of nitrogens with zero attached hydrogens (tertiary/aromatic N) is 1. The third-order valence-corrected chi connectivity index (χ3v) is 12.0. The van der Waals surface area contributed by atoms with Gasteiger partial charge in [-0.2, -0.15) is 0 Å². The number of ether oxygens (including phenoxy) is 2. The lowest BCUT2D eigenvalue weighted by Gasteiger charge is -2.43. The molecule has 1 saturated heterocycles. The number of imide groups is 1. The summed E-state index contributed by atoms with van der Waals surface area (Å²) >= 11 is 2.77. The quantitative estimate of drug-likeness (QED) is 0.361. The molecular weight excluding hydrogens is 578 g/mol. The summed E-state index contributed by atoms with van der Waals surface area (Å²) in [4.78, 5) is 58.4. The van der Waals surface area contributed by atoms with E-state index in [4.69, 9.17) is 9.47 Å². The topological polar surface area (TPSA) is 138 Å². The number of rotatable bonds is 6. The van der Waals surface area contributed by atoms with Crippen molar-refractivity contribution in [3.05, 3.63) is 62.6 Å². The van der Waals surface area contributed by atoms with Crippen molar-refractivity contribution < 1.29 is 29.0 Å². The Hall–Kier alpha value is -3.77. The lowest BCUT2D eigenvalue weighted by Crippen LogP contribution is -2.46. The van der Waals surface area contributed by atoms with Crippen LogP contribution in [0.2, 0.25) is 0 Å². The van der Waals surface area contributed by atoms with Crippen LogP contribution in [0.15, 0.2) is 52.3 Å². The minimum Gasteiger partial charge on any atom is -0.504 e. The molecule has 2 aromatic carbocycles. The first-order valence-electron chi connectivity index (χ1n) is 13.8. The van der Waals surface area contributed by atoms with Crippen LogP contribution in [0.3, 0.4) is 0 Å². The first-order chi connectivity index (χ1) is 20.2. The van der Waals surface area contributed by atoms with Gasteiger partial charge in [0.05, 0.1) is 31.1 Å². The number of aromatic nitrogens is 1. The fourth-order valence-electron chi connectivity index (χ4n) is 7.72. The molecule has 218 valence electrons. The monoisotopic (exact) mass is 607 g/mol. The number of thiazole rings is 1. The van der Waals surface area contributed by atoms with Crippen molar-refractivity contribution in [2.24, 2.45) is 29.6 Å². The van der Waals surface area contributed by atoms with Gasteiger partial charge in [-0.3, -0.25) is 24.1 Å².